The van der Waals surface area contributed by atoms with Crippen LogP contribution in [0.2, 0.25) is 0 Å². The van der Waals surface area contributed by atoms with E-state index in [0.29, 0.717) is 57.3 Å². The van der Waals surface area contributed by atoms with Crippen LogP contribution in [0.4, 0.5) is 22.4 Å². The molecule has 6 heterocycles. The zero-order chi connectivity index (χ0) is 35.1. The average Bonchev–Trinajstić information content (AvgIpc) is 3.69. The molecule has 3 saturated heterocycles. The van der Waals surface area contributed by atoms with Gasteiger partial charge in [0.1, 0.15) is 29.7 Å². The van der Waals surface area contributed by atoms with E-state index in [9.17, 15) is 9.90 Å². The predicted molar refractivity (Wildman–Crippen MR) is 193 cm³/mol. The van der Waals surface area contributed by atoms with Gasteiger partial charge in [-0.25, -0.2) is 9.78 Å². The summed E-state index contributed by atoms with van der Waals surface area (Å²) in [6.45, 7) is 4.54. The van der Waals surface area contributed by atoms with E-state index >= 15 is 0 Å². The molecule has 268 valence electrons. The fourth-order valence-corrected chi connectivity index (χ4v) is 8.20. The number of fused-ring (bicyclic) bond motifs is 4. The highest BCUT2D eigenvalue weighted by Gasteiger charge is 2.44. The molecule has 8 rings (SSSR count). The largest absolute Gasteiger partial charge is 0.497 e. The third kappa shape index (κ3) is 6.48. The highest BCUT2D eigenvalue weighted by atomic mass is 16.5. The molecule has 4 aliphatic heterocycles. The Hall–Kier alpha value is -5.11. The van der Waals surface area contributed by atoms with E-state index in [1.165, 1.54) is 0 Å². The van der Waals surface area contributed by atoms with E-state index in [2.05, 4.69) is 33.1 Å². The van der Waals surface area contributed by atoms with Crippen molar-refractivity contribution in [1.82, 2.24) is 29.7 Å². The molecule has 3 atom stereocenters. The minimum atomic E-state index is -0.832. The monoisotopic (exact) mass is 695 g/mol. The van der Waals surface area contributed by atoms with Gasteiger partial charge < -0.3 is 39.3 Å². The molecule has 0 unspecified atom stereocenters. The Bertz CT molecular complexity index is 1910. The summed E-state index contributed by atoms with van der Waals surface area (Å²) in [5.74, 6) is 3.68. The first kappa shape index (κ1) is 33.1. The van der Waals surface area contributed by atoms with Crippen molar-refractivity contribution in [2.75, 3.05) is 69.2 Å². The zero-order valence-electron chi connectivity index (χ0n) is 29.4. The summed E-state index contributed by atoms with van der Waals surface area (Å²) in [6.07, 6.45) is 3.87. The number of nitrogens with one attached hydrogen (secondary N) is 1. The maximum Gasteiger partial charge on any atom is 0.407 e. The number of carboxylic acid groups (broad SMARTS) is 1. The molecule has 0 saturated carbocycles. The third-order valence-electron chi connectivity index (χ3n) is 10.9. The molecular weight excluding hydrogens is 650 g/mol. The SMILES string of the molecule is COc1ccc(CNc2nc(N3CCc4c(nc(OC[C@@H]5CCCN5C)nc4N4C[C@H]5CC[C@@H](C4)N5C(=O)O)C3)c3ccccc3n2)c(OC)c1. The number of ether oxygens (including phenoxy) is 3. The minimum absolute atomic E-state index is 0.0420. The molecule has 0 spiro atoms. The highest BCUT2D eigenvalue weighted by molar-refractivity contribution is 5.90. The smallest absolute Gasteiger partial charge is 0.407 e. The molecule has 51 heavy (non-hydrogen) atoms. The van der Waals surface area contributed by atoms with Crippen LogP contribution in [0.1, 0.15) is 42.5 Å². The topological polar surface area (TPSA) is 142 Å². The summed E-state index contributed by atoms with van der Waals surface area (Å²) in [7, 11) is 5.42. The maximum absolute atomic E-state index is 12.1. The third-order valence-corrected chi connectivity index (χ3v) is 10.9. The molecule has 14 heteroatoms. The molecule has 4 aliphatic rings. The van der Waals surface area contributed by atoms with Crippen LogP contribution in [0.25, 0.3) is 10.9 Å². The second-order valence-electron chi connectivity index (χ2n) is 13.9. The molecule has 2 bridgehead atoms. The van der Waals surface area contributed by atoms with E-state index in [1.807, 2.05) is 36.4 Å². The number of likely N-dealkylation sites (tertiary alicyclic amines) is 1. The lowest BCUT2D eigenvalue weighted by Crippen LogP contribution is -2.56. The van der Waals surface area contributed by atoms with Crippen LogP contribution in [-0.4, -0.2) is 113 Å². The molecule has 2 aromatic carbocycles. The Morgan fingerprint density at radius 1 is 0.941 bits per heavy atom. The predicted octanol–water partition coefficient (Wildman–Crippen LogP) is 4.42. The number of hydrogen-bond acceptors (Lipinski definition) is 12. The Morgan fingerprint density at radius 3 is 2.51 bits per heavy atom. The summed E-state index contributed by atoms with van der Waals surface area (Å²) in [5.41, 5.74) is 3.82. The molecule has 2 aromatic heterocycles. The van der Waals surface area contributed by atoms with Crippen LogP contribution in [0.3, 0.4) is 0 Å². The Morgan fingerprint density at radius 2 is 1.76 bits per heavy atom. The molecular formula is C37H45N9O5. The Kier molecular flexibility index (Phi) is 9.01. The Labute approximate surface area is 297 Å². The molecule has 14 nitrogen and oxygen atoms in total. The first-order valence-electron chi connectivity index (χ1n) is 17.8. The van der Waals surface area contributed by atoms with Crippen molar-refractivity contribution >= 4 is 34.6 Å². The van der Waals surface area contributed by atoms with E-state index < -0.39 is 6.09 Å². The molecule has 0 aliphatic carbocycles. The number of likely N-dealkylation sites (N-methyl/N-ethyl adjacent to an activating group) is 1. The van der Waals surface area contributed by atoms with E-state index in [1.54, 1.807) is 19.1 Å². The standard InChI is InChI=1S/C37H45N9O5/c1-43-15-6-7-26(43)22-51-36-40-31-21-44(16-14-29(31)34(42-36)45-19-24-11-12-25(20-45)46(24)37(47)48)33-28-8-4-5-9-30(28)39-35(41-33)38-18-23-10-13-27(49-2)17-32(23)50-3/h4-5,8-10,13,17,24-26H,6-7,11-12,14-16,18-22H2,1-3H3,(H,47,48)(H,38,39,41)/t24-,25+,26-/m0/s1. The molecule has 4 aromatic rings. The van der Waals surface area contributed by atoms with Gasteiger partial charge in [0.2, 0.25) is 5.95 Å². The Balaban J connectivity index is 1.10. The fourth-order valence-electron chi connectivity index (χ4n) is 8.20. The number of piperazine rings is 1. The number of anilines is 3. The zero-order valence-corrected chi connectivity index (χ0v) is 29.4. The lowest BCUT2D eigenvalue weighted by Gasteiger charge is -2.41. The number of carbonyl (C=O) groups is 1. The van der Waals surface area contributed by atoms with Crippen LogP contribution in [0.15, 0.2) is 42.5 Å². The van der Waals surface area contributed by atoms with E-state index in [4.69, 9.17) is 34.1 Å². The maximum atomic E-state index is 12.1. The van der Waals surface area contributed by atoms with Gasteiger partial charge in [0.15, 0.2) is 0 Å². The van der Waals surface area contributed by atoms with E-state index in [-0.39, 0.29) is 12.1 Å². The first-order chi connectivity index (χ1) is 24.9. The molecule has 2 N–H and O–H groups in total. The summed E-state index contributed by atoms with van der Waals surface area (Å²) in [5, 5.41) is 14.3. The number of amides is 1. The van der Waals surface area contributed by atoms with Crippen LogP contribution in [0, 0.1) is 0 Å². The van der Waals surface area contributed by atoms with E-state index in [0.717, 1.165) is 89.5 Å². The van der Waals surface area contributed by atoms with Crippen LogP contribution in [0.5, 0.6) is 17.5 Å². The van der Waals surface area contributed by atoms with Crippen LogP contribution in [-0.2, 0) is 19.5 Å². The lowest BCUT2D eigenvalue weighted by atomic mass is 10.0. The average molecular weight is 696 g/mol. The fraction of sp³-hybridized carbons (Fsp3) is 0.486. The quantitative estimate of drug-likeness (QED) is 0.242. The van der Waals surface area contributed by atoms with Crippen molar-refractivity contribution in [1.29, 1.82) is 0 Å². The van der Waals surface area contributed by atoms with Gasteiger partial charge in [-0.2, -0.15) is 15.0 Å². The summed E-state index contributed by atoms with van der Waals surface area (Å²) in [6, 6.07) is 14.4. The number of rotatable bonds is 10. The molecule has 3 fully saturated rings. The van der Waals surface area contributed by atoms with Crippen molar-refractivity contribution in [3.8, 4) is 17.5 Å². The highest BCUT2D eigenvalue weighted by Crippen LogP contribution is 2.37. The second kappa shape index (κ2) is 13.9. The summed E-state index contributed by atoms with van der Waals surface area (Å²) < 4.78 is 17.3. The van der Waals surface area contributed by atoms with Gasteiger partial charge in [-0.3, -0.25) is 4.90 Å². The number of para-hydroxylation sites is 1. The number of benzene rings is 2. The van der Waals surface area contributed by atoms with Gasteiger partial charge in [0, 0.05) is 54.8 Å². The number of hydrogen-bond donors (Lipinski definition) is 2. The van der Waals surface area contributed by atoms with Gasteiger partial charge in [-0.15, -0.1) is 0 Å². The minimum Gasteiger partial charge on any atom is -0.497 e. The van der Waals surface area contributed by atoms with Gasteiger partial charge in [0.25, 0.3) is 0 Å². The van der Waals surface area contributed by atoms with Crippen molar-refractivity contribution in [2.24, 2.45) is 0 Å². The van der Waals surface area contributed by atoms with Crippen molar-refractivity contribution in [2.45, 2.75) is 63.3 Å². The van der Waals surface area contributed by atoms with Crippen molar-refractivity contribution in [3.63, 3.8) is 0 Å². The number of aromatic nitrogens is 4. The summed E-state index contributed by atoms with van der Waals surface area (Å²) in [4.78, 5) is 40.6. The van der Waals surface area contributed by atoms with Crippen LogP contribution >= 0.6 is 0 Å². The molecule has 1 amide bonds. The first-order valence-corrected chi connectivity index (χ1v) is 17.8. The second-order valence-corrected chi connectivity index (χ2v) is 13.9. The van der Waals surface area contributed by atoms with Crippen molar-refractivity contribution < 1.29 is 24.1 Å². The van der Waals surface area contributed by atoms with Crippen molar-refractivity contribution in [3.05, 3.63) is 59.3 Å². The van der Waals surface area contributed by atoms with Crippen LogP contribution < -0.4 is 29.3 Å². The summed E-state index contributed by atoms with van der Waals surface area (Å²) >= 11 is 0. The van der Waals surface area contributed by atoms with Gasteiger partial charge in [-0.1, -0.05) is 12.1 Å². The number of methoxy groups -OCH3 is 2. The van der Waals surface area contributed by atoms with Gasteiger partial charge in [0.05, 0.1) is 44.1 Å². The van der Waals surface area contributed by atoms with Gasteiger partial charge in [-0.05, 0) is 70.0 Å². The normalized spacial score (nSPS) is 21.5. The molecule has 0 radical (unpaired) electrons. The lowest BCUT2D eigenvalue weighted by molar-refractivity contribution is 0.114. The number of nitrogens with zero attached hydrogens (tertiary/aromatic N) is 8. The van der Waals surface area contributed by atoms with Gasteiger partial charge >= 0.3 is 12.1 Å².